The number of nitrogens with zero attached hydrogens (tertiary/aromatic N) is 1. The predicted molar refractivity (Wildman–Crippen MR) is 52.6 cm³/mol. The normalized spacial score (nSPS) is 13.3. The number of H-pyrrole nitrogens is 1. The number of alkyl halides is 9. The summed E-state index contributed by atoms with van der Waals surface area (Å²) in [4.78, 5) is 12.4. The number of nitrogens with one attached hydrogen (secondary N) is 1. The summed E-state index contributed by atoms with van der Waals surface area (Å²) in [6.45, 7) is 2.03. The van der Waals surface area contributed by atoms with Crippen molar-refractivity contribution in [2.45, 2.75) is 30.9 Å². The average molecular weight is 360 g/mol. The Bertz CT molecular complexity index is 534. The van der Waals surface area contributed by atoms with Crippen molar-refractivity contribution in [1.82, 2.24) is 4.98 Å². The molecule has 0 saturated heterocycles. The number of hydrogen-bond acceptors (Lipinski definition) is 2. The van der Waals surface area contributed by atoms with Crippen LogP contribution < -0.4 is 9.67 Å². The number of aromatic nitrogens is 2. The summed E-state index contributed by atoms with van der Waals surface area (Å²) >= 11 is 0. The van der Waals surface area contributed by atoms with Crippen molar-refractivity contribution in [1.29, 1.82) is 0 Å². The highest BCUT2D eigenvalue weighted by Crippen LogP contribution is 2.52. The van der Waals surface area contributed by atoms with Gasteiger partial charge in [0.15, 0.2) is 0 Å². The van der Waals surface area contributed by atoms with Crippen LogP contribution in [0.5, 0.6) is 0 Å². The number of aryl methyl sites for hydroxylation is 2. The first kappa shape index (κ1) is 21.0. The minimum Gasteiger partial charge on any atom is -0.544 e. The molecule has 0 bridgehead atoms. The van der Waals surface area contributed by atoms with Gasteiger partial charge in [-0.05, 0) is 0 Å². The van der Waals surface area contributed by atoms with Crippen molar-refractivity contribution in [3.05, 3.63) is 18.2 Å². The number of imidazole rings is 1. The number of aromatic amines is 1. The van der Waals surface area contributed by atoms with E-state index in [0.29, 0.717) is 0 Å². The van der Waals surface area contributed by atoms with Gasteiger partial charge in [-0.2, -0.15) is 39.5 Å². The van der Waals surface area contributed by atoms with E-state index in [0.717, 1.165) is 0 Å². The fourth-order valence-corrected chi connectivity index (χ4v) is 0.987. The third-order valence-corrected chi connectivity index (χ3v) is 2.52. The second-order valence-electron chi connectivity index (χ2n) is 4.16. The third kappa shape index (κ3) is 3.88. The Morgan fingerprint density at radius 1 is 1.04 bits per heavy atom. The van der Waals surface area contributed by atoms with E-state index < -0.39 is 29.9 Å². The molecule has 0 spiro atoms. The molecule has 1 aromatic heterocycles. The monoisotopic (exact) mass is 360 g/mol. The molecule has 134 valence electrons. The van der Waals surface area contributed by atoms with E-state index in [9.17, 15) is 49.4 Å². The van der Waals surface area contributed by atoms with Crippen LogP contribution in [0.25, 0.3) is 0 Å². The fraction of sp³-hybridized carbons (Fsp3) is 0.600. The molecule has 0 aliphatic carbocycles. The maximum atomic E-state index is 12.1. The molecule has 0 saturated carbocycles. The molecule has 0 aliphatic rings. The Morgan fingerprint density at radius 3 is 1.65 bits per heavy atom. The van der Waals surface area contributed by atoms with E-state index in [1.165, 1.54) is 5.82 Å². The first-order chi connectivity index (χ1) is 10.00. The average Bonchev–Trinajstić information content (AvgIpc) is 2.72. The highest BCUT2D eigenvalue weighted by molar-refractivity contribution is 5.74. The molecule has 1 N–H and O–H groups in total. The van der Waals surface area contributed by atoms with Crippen LogP contribution in [0.2, 0.25) is 0 Å². The quantitative estimate of drug-likeness (QED) is 0.654. The van der Waals surface area contributed by atoms with Gasteiger partial charge in [0.25, 0.3) is 5.82 Å². The second kappa shape index (κ2) is 6.28. The molecule has 0 fully saturated rings. The van der Waals surface area contributed by atoms with E-state index >= 15 is 0 Å². The van der Waals surface area contributed by atoms with Crippen molar-refractivity contribution < 1.29 is 54.0 Å². The topological polar surface area (TPSA) is 59.8 Å². The number of carbonyl (C=O) groups is 1. The predicted octanol–water partition coefficient (Wildman–Crippen LogP) is 1.35. The smallest absolute Gasteiger partial charge is 0.460 e. The lowest BCUT2D eigenvalue weighted by Gasteiger charge is -2.33. The molecule has 0 aliphatic heterocycles. The molecule has 1 heterocycles. The Kier molecular flexibility index (Phi) is 5.74. The zero-order chi connectivity index (χ0) is 18.9. The number of hydrogen-bond donors (Lipinski definition) is 1. The summed E-state index contributed by atoms with van der Waals surface area (Å²) in [5.74, 6) is -23.9. The standard InChI is InChI=1S/C5HF9O2.C5H8N2/c6-2(7,1(15)16)3(8,9)4(10,11)5(12,13)14;1-5-6-3-4-7(5)2/h(H,15,16);3-4H,1-2H3. The zero-order valence-electron chi connectivity index (χ0n) is 11.3. The van der Waals surface area contributed by atoms with Crippen molar-refractivity contribution >= 4 is 5.97 Å². The Hall–Kier alpha value is -1.95. The van der Waals surface area contributed by atoms with Gasteiger partial charge in [0, 0.05) is 6.92 Å². The van der Waals surface area contributed by atoms with Gasteiger partial charge in [0.2, 0.25) is 0 Å². The Labute approximate surface area is 122 Å². The van der Waals surface area contributed by atoms with Gasteiger partial charge in [-0.3, -0.25) is 0 Å². The number of halogens is 9. The summed E-state index contributed by atoms with van der Waals surface area (Å²) in [5.41, 5.74) is 0. The zero-order valence-corrected chi connectivity index (χ0v) is 11.3. The van der Waals surface area contributed by atoms with Crippen LogP contribution in [0.15, 0.2) is 12.4 Å². The van der Waals surface area contributed by atoms with Crippen LogP contribution in [0, 0.1) is 6.92 Å². The first-order valence-corrected chi connectivity index (χ1v) is 5.41. The molecule has 0 atom stereocenters. The minimum atomic E-state index is -7.20. The summed E-state index contributed by atoms with van der Waals surface area (Å²) in [5, 5.41) is 9.40. The molecule has 0 amide bonds. The fourth-order valence-electron chi connectivity index (χ4n) is 0.987. The van der Waals surface area contributed by atoms with E-state index in [2.05, 4.69) is 4.98 Å². The summed E-state index contributed by atoms with van der Waals surface area (Å²) in [6.07, 6.45) is -3.14. The molecule has 1 aromatic rings. The van der Waals surface area contributed by atoms with Gasteiger partial charge in [-0.1, -0.05) is 0 Å². The molecular weight excluding hydrogens is 351 g/mol. The molecule has 13 heteroatoms. The van der Waals surface area contributed by atoms with E-state index in [4.69, 9.17) is 0 Å². The lowest BCUT2D eigenvalue weighted by molar-refractivity contribution is -0.676. The first-order valence-electron chi connectivity index (χ1n) is 5.41. The SMILES string of the molecule is Cc1[nH]cc[n+]1C.O=C([O-])C(F)(F)C(F)(F)C(F)(F)C(F)(F)F. The Balaban J connectivity index is 0.000000568. The molecule has 0 aromatic carbocycles. The van der Waals surface area contributed by atoms with Crippen LogP contribution in [0.4, 0.5) is 39.5 Å². The minimum absolute atomic E-state index is 1.18. The van der Waals surface area contributed by atoms with E-state index in [-0.39, 0.29) is 0 Å². The van der Waals surface area contributed by atoms with Gasteiger partial charge in [-0.15, -0.1) is 0 Å². The van der Waals surface area contributed by atoms with Gasteiger partial charge >= 0.3 is 23.9 Å². The van der Waals surface area contributed by atoms with Crippen molar-refractivity contribution in [3.63, 3.8) is 0 Å². The van der Waals surface area contributed by atoms with Crippen molar-refractivity contribution in [2.24, 2.45) is 7.05 Å². The summed E-state index contributed by atoms with van der Waals surface area (Å²) in [7, 11) is 2.01. The maximum Gasteiger partial charge on any atom is 0.460 e. The van der Waals surface area contributed by atoms with Crippen LogP contribution >= 0.6 is 0 Å². The number of carbonyl (C=O) groups excluding carboxylic acids is 1. The van der Waals surface area contributed by atoms with Gasteiger partial charge < -0.3 is 9.90 Å². The van der Waals surface area contributed by atoms with Gasteiger partial charge in [0.05, 0.1) is 7.05 Å². The highest BCUT2D eigenvalue weighted by atomic mass is 19.4. The van der Waals surface area contributed by atoms with Crippen molar-refractivity contribution in [3.8, 4) is 0 Å². The largest absolute Gasteiger partial charge is 0.544 e. The highest BCUT2D eigenvalue weighted by Gasteiger charge is 2.82. The number of rotatable bonds is 3. The van der Waals surface area contributed by atoms with E-state index in [1.807, 2.05) is 30.9 Å². The molecule has 23 heavy (non-hydrogen) atoms. The molecule has 0 radical (unpaired) electrons. The maximum absolute atomic E-state index is 12.1. The number of aliphatic carboxylic acids is 1. The van der Waals surface area contributed by atoms with Crippen LogP contribution in [0.1, 0.15) is 5.82 Å². The molecule has 1 rings (SSSR count). The van der Waals surface area contributed by atoms with Crippen LogP contribution in [-0.2, 0) is 11.8 Å². The summed E-state index contributed by atoms with van der Waals surface area (Å²) in [6, 6.07) is 0. The summed E-state index contributed by atoms with van der Waals surface area (Å²) < 4.78 is 108. The van der Waals surface area contributed by atoms with Gasteiger partial charge in [-0.25, -0.2) is 9.55 Å². The molecule has 0 unspecified atom stereocenters. The lowest BCUT2D eigenvalue weighted by atomic mass is 10.0. The van der Waals surface area contributed by atoms with Crippen LogP contribution in [-0.4, -0.2) is 34.9 Å². The second-order valence-corrected chi connectivity index (χ2v) is 4.16. The van der Waals surface area contributed by atoms with E-state index in [1.54, 1.807) is 0 Å². The number of carboxylic acid groups (broad SMARTS) is 1. The van der Waals surface area contributed by atoms with Crippen molar-refractivity contribution in [2.75, 3.05) is 0 Å². The number of carboxylic acids is 1. The van der Waals surface area contributed by atoms with Crippen LogP contribution in [0.3, 0.4) is 0 Å². The lowest BCUT2D eigenvalue weighted by Crippen LogP contribution is -2.65. The Morgan fingerprint density at radius 2 is 1.48 bits per heavy atom. The molecule has 4 nitrogen and oxygen atoms in total. The molecular formula is C10H9F9N2O2. The third-order valence-electron chi connectivity index (χ3n) is 2.52. The van der Waals surface area contributed by atoms with Gasteiger partial charge in [0.1, 0.15) is 18.4 Å².